The topological polar surface area (TPSA) is 104 Å². The zero-order valence-electron chi connectivity index (χ0n) is 31.2. The molecule has 1 aliphatic carbocycles. The summed E-state index contributed by atoms with van der Waals surface area (Å²) < 4.78 is 62.2. The number of aromatic amines is 1. The van der Waals surface area contributed by atoms with Gasteiger partial charge in [-0.25, -0.2) is 4.39 Å². The lowest BCUT2D eigenvalue weighted by Crippen LogP contribution is -2.60. The number of carbonyl (C=O) groups is 3. The van der Waals surface area contributed by atoms with Crippen molar-refractivity contribution in [3.63, 3.8) is 0 Å². The number of hydrogen-bond acceptors (Lipinski definition) is 5. The van der Waals surface area contributed by atoms with E-state index in [-0.39, 0.29) is 78.9 Å². The Bertz CT molecular complexity index is 1960. The minimum atomic E-state index is -4.60. The number of amides is 1. The highest BCUT2D eigenvalue weighted by atomic mass is 32.1. The van der Waals surface area contributed by atoms with Crippen LogP contribution >= 0.6 is 12.2 Å². The lowest BCUT2D eigenvalue weighted by Gasteiger charge is -2.40. The average Bonchev–Trinajstić information content (AvgIpc) is 3.80. The second-order valence-corrected chi connectivity index (χ2v) is 15.2. The van der Waals surface area contributed by atoms with Crippen molar-refractivity contribution in [2.75, 3.05) is 6.54 Å². The molecule has 0 fully saturated rings. The van der Waals surface area contributed by atoms with E-state index in [9.17, 15) is 31.9 Å². The van der Waals surface area contributed by atoms with Gasteiger partial charge >= 0.3 is 6.18 Å². The summed E-state index contributed by atoms with van der Waals surface area (Å²) in [7, 11) is 0. The zero-order valence-corrected chi connectivity index (χ0v) is 32.0. The van der Waals surface area contributed by atoms with Crippen LogP contribution in [0, 0.1) is 29.5 Å². The number of hydrogen-bond donors (Lipinski definition) is 3. The van der Waals surface area contributed by atoms with Crippen LogP contribution < -0.4 is 10.6 Å². The largest absolute Gasteiger partial charge is 0.469 e. The fourth-order valence-electron chi connectivity index (χ4n) is 7.59. The third-order valence-corrected chi connectivity index (χ3v) is 11.7. The maximum atomic E-state index is 14.9. The number of ketones is 2. The molecule has 7 nitrogen and oxygen atoms in total. The molecule has 5 atom stereocenters. The summed E-state index contributed by atoms with van der Waals surface area (Å²) in [6.45, 7) is 8.28. The van der Waals surface area contributed by atoms with Crippen LogP contribution in [0.2, 0.25) is 0 Å². The third-order valence-electron chi connectivity index (χ3n) is 11.3. The molecule has 12 heteroatoms. The number of thiocarbonyl (C=S) groups is 1. The second-order valence-electron chi connectivity index (χ2n) is 14.8. The van der Waals surface area contributed by atoms with Gasteiger partial charge in [-0.3, -0.25) is 14.4 Å². The van der Waals surface area contributed by atoms with Gasteiger partial charge in [0.15, 0.2) is 5.78 Å². The highest BCUT2D eigenvalue weighted by Crippen LogP contribution is 2.41. The van der Waals surface area contributed by atoms with Gasteiger partial charge in [0.1, 0.15) is 22.9 Å². The normalized spacial score (nSPS) is 18.0. The van der Waals surface area contributed by atoms with Crippen molar-refractivity contribution < 1.29 is 36.4 Å². The summed E-state index contributed by atoms with van der Waals surface area (Å²) in [5.41, 5.74) is -0.968. The number of aromatic nitrogens is 1. The Morgan fingerprint density at radius 1 is 0.963 bits per heavy atom. The standard InChI is InChI=1S/C42H49F4N3O4S/c1-5-25(3)31(22-28(50)21-27-11-7-8-15-35(27)43)39(52)49-41(18-16-36-33(24-41)30-13-9-14-34(38(30)48-36)42(44,45)46)37(51)23-32(26(4)6-2)40(54)47-19-17-29-12-10-20-53-29/h7-15,20,25-26,31-32,48H,5-6,16-19,21-24H2,1-4H3,(H,47,54)(H,49,52)/t25?,26?,31-,32-,41+/m0/s1. The Morgan fingerprint density at radius 2 is 1.69 bits per heavy atom. The van der Waals surface area contributed by atoms with Crippen molar-refractivity contribution >= 4 is 45.6 Å². The minimum absolute atomic E-state index is 0.00392. The highest BCUT2D eigenvalue weighted by Gasteiger charge is 2.46. The number of Topliss-reactive ketones (excluding diaryl/α,β-unsaturated/α-hetero) is 2. The van der Waals surface area contributed by atoms with Crippen molar-refractivity contribution in [3.8, 4) is 0 Å². The van der Waals surface area contributed by atoms with Crippen LogP contribution in [0.25, 0.3) is 10.9 Å². The number of H-pyrrole nitrogens is 1. The fraction of sp³-hybridized carbons (Fsp3) is 0.476. The predicted octanol–water partition coefficient (Wildman–Crippen LogP) is 8.91. The zero-order chi connectivity index (χ0) is 39.2. The lowest BCUT2D eigenvalue weighted by atomic mass is 9.72. The molecule has 2 unspecified atom stereocenters. The lowest BCUT2D eigenvalue weighted by molar-refractivity contribution is -0.137. The molecular formula is C42H49F4N3O4S. The number of carbonyl (C=O) groups excluding carboxylic acids is 3. The molecule has 0 radical (unpaired) electrons. The summed E-state index contributed by atoms with van der Waals surface area (Å²) >= 11 is 5.86. The van der Waals surface area contributed by atoms with E-state index in [1.54, 1.807) is 24.5 Å². The first-order valence-corrected chi connectivity index (χ1v) is 19.2. The van der Waals surface area contributed by atoms with E-state index in [1.807, 2.05) is 33.8 Å². The molecule has 0 bridgehead atoms. The summed E-state index contributed by atoms with van der Waals surface area (Å²) in [5, 5.41) is 6.75. The molecule has 0 aliphatic heterocycles. The Balaban J connectivity index is 1.47. The Hall–Kier alpha value is -4.32. The minimum Gasteiger partial charge on any atom is -0.469 e. The number of aryl methyl sites for hydroxylation is 1. The highest BCUT2D eigenvalue weighted by molar-refractivity contribution is 7.80. The first kappa shape index (κ1) is 40.9. The number of benzene rings is 2. The van der Waals surface area contributed by atoms with Crippen LogP contribution in [-0.2, 0) is 46.2 Å². The molecule has 1 aliphatic rings. The van der Waals surface area contributed by atoms with Crippen LogP contribution in [-0.4, -0.2) is 39.5 Å². The summed E-state index contributed by atoms with van der Waals surface area (Å²) in [6.07, 6.45) is -1.15. The first-order valence-electron chi connectivity index (χ1n) is 18.8. The molecule has 2 heterocycles. The van der Waals surface area contributed by atoms with Gasteiger partial charge in [0, 0.05) is 61.6 Å². The molecular weight excluding hydrogens is 719 g/mol. The van der Waals surface area contributed by atoms with Gasteiger partial charge in [-0.1, -0.05) is 83.1 Å². The first-order chi connectivity index (χ1) is 25.7. The van der Waals surface area contributed by atoms with Crippen molar-refractivity contribution in [1.82, 2.24) is 15.6 Å². The summed E-state index contributed by atoms with van der Waals surface area (Å²) in [5.74, 6) is -2.26. The summed E-state index contributed by atoms with van der Waals surface area (Å²) in [4.78, 5) is 46.2. The van der Waals surface area contributed by atoms with Crippen molar-refractivity contribution in [1.29, 1.82) is 0 Å². The number of fused-ring (bicyclic) bond motifs is 3. The molecule has 2 aromatic carbocycles. The van der Waals surface area contributed by atoms with E-state index < -0.39 is 34.9 Å². The maximum Gasteiger partial charge on any atom is 0.418 e. The van der Waals surface area contributed by atoms with Crippen molar-refractivity contribution in [3.05, 3.63) is 94.8 Å². The smallest absolute Gasteiger partial charge is 0.418 e. The quantitative estimate of drug-likeness (QED) is 0.0733. The number of furan rings is 1. The molecule has 3 N–H and O–H groups in total. The monoisotopic (exact) mass is 767 g/mol. The van der Waals surface area contributed by atoms with Crippen LogP contribution in [0.5, 0.6) is 0 Å². The van der Waals surface area contributed by atoms with E-state index in [2.05, 4.69) is 15.6 Å². The molecule has 0 spiro atoms. The molecule has 5 rings (SSSR count). The SMILES string of the molecule is CCC(C)[C@H](CC(=O)Cc1ccccc1F)C(=O)N[C@]1(C(=O)C[C@H](C(=S)NCCc2ccco2)C(C)CC)CCc2[nH]c3c(C(F)(F)F)cccc3c2C1. The van der Waals surface area contributed by atoms with Gasteiger partial charge < -0.3 is 20.0 Å². The van der Waals surface area contributed by atoms with Crippen LogP contribution in [0.4, 0.5) is 17.6 Å². The van der Waals surface area contributed by atoms with Gasteiger partial charge in [0.25, 0.3) is 0 Å². The summed E-state index contributed by atoms with van der Waals surface area (Å²) in [6, 6.07) is 13.7. The van der Waals surface area contributed by atoms with Crippen LogP contribution in [0.3, 0.4) is 0 Å². The molecule has 4 aromatic rings. The number of rotatable bonds is 17. The Kier molecular flexibility index (Phi) is 13.2. The number of alkyl halides is 3. The molecule has 0 saturated carbocycles. The Morgan fingerprint density at radius 3 is 2.35 bits per heavy atom. The van der Waals surface area contributed by atoms with E-state index in [0.29, 0.717) is 41.0 Å². The fourth-order valence-corrected chi connectivity index (χ4v) is 8.00. The van der Waals surface area contributed by atoms with Crippen LogP contribution in [0.1, 0.15) is 87.9 Å². The molecule has 290 valence electrons. The van der Waals surface area contributed by atoms with Crippen molar-refractivity contribution in [2.45, 2.75) is 97.2 Å². The number of halogens is 4. The van der Waals surface area contributed by atoms with Crippen LogP contribution in [0.15, 0.2) is 65.3 Å². The van der Waals surface area contributed by atoms with Crippen molar-refractivity contribution in [2.24, 2.45) is 23.7 Å². The molecule has 0 saturated heterocycles. The average molecular weight is 768 g/mol. The van der Waals surface area contributed by atoms with Gasteiger partial charge in [0.2, 0.25) is 5.91 Å². The van der Waals surface area contributed by atoms with Gasteiger partial charge in [0.05, 0.1) is 22.3 Å². The van der Waals surface area contributed by atoms with Gasteiger partial charge in [-0.15, -0.1) is 0 Å². The molecule has 2 aromatic heterocycles. The van der Waals surface area contributed by atoms with E-state index in [1.165, 1.54) is 24.3 Å². The Labute approximate surface area is 319 Å². The predicted molar refractivity (Wildman–Crippen MR) is 204 cm³/mol. The second kappa shape index (κ2) is 17.4. The van der Waals surface area contributed by atoms with Gasteiger partial charge in [-0.05, 0) is 60.1 Å². The van der Waals surface area contributed by atoms with E-state index in [4.69, 9.17) is 16.6 Å². The maximum absolute atomic E-state index is 14.9. The van der Waals surface area contributed by atoms with E-state index >= 15 is 0 Å². The number of para-hydroxylation sites is 1. The van der Waals surface area contributed by atoms with E-state index in [0.717, 1.165) is 18.2 Å². The van der Waals surface area contributed by atoms with Gasteiger partial charge in [-0.2, -0.15) is 13.2 Å². The number of nitrogens with one attached hydrogen (secondary N) is 3. The molecule has 1 amide bonds. The molecule has 54 heavy (non-hydrogen) atoms. The third kappa shape index (κ3) is 9.30.